The maximum absolute atomic E-state index is 11.8. The third kappa shape index (κ3) is 3.86. The van der Waals surface area contributed by atoms with Crippen LogP contribution in [0.2, 0.25) is 0 Å². The van der Waals surface area contributed by atoms with Crippen LogP contribution < -0.4 is 5.32 Å². The van der Waals surface area contributed by atoms with Gasteiger partial charge >= 0.3 is 0 Å². The Morgan fingerprint density at radius 1 is 1.19 bits per heavy atom. The van der Waals surface area contributed by atoms with Crippen molar-refractivity contribution in [1.29, 1.82) is 0 Å². The topological polar surface area (TPSA) is 46.2 Å². The molecule has 2 unspecified atom stereocenters. The van der Waals surface area contributed by atoms with Gasteiger partial charge < -0.3 is 5.32 Å². The molecule has 0 saturated carbocycles. The Balaban J connectivity index is 2.30. The first kappa shape index (κ1) is 16.5. The summed E-state index contributed by atoms with van der Waals surface area (Å²) in [6.07, 6.45) is 2.85. The van der Waals surface area contributed by atoms with Crippen molar-refractivity contribution in [2.75, 3.05) is 18.1 Å². The van der Waals surface area contributed by atoms with Crippen LogP contribution in [0, 0.1) is 5.92 Å². The molecule has 2 rings (SSSR count). The first-order chi connectivity index (χ1) is 10.0. The van der Waals surface area contributed by atoms with Crippen LogP contribution >= 0.6 is 0 Å². The van der Waals surface area contributed by atoms with E-state index in [9.17, 15) is 8.42 Å². The molecule has 1 aromatic carbocycles. The summed E-state index contributed by atoms with van der Waals surface area (Å²) in [4.78, 5) is 0. The van der Waals surface area contributed by atoms with E-state index in [-0.39, 0.29) is 12.0 Å². The quantitative estimate of drug-likeness (QED) is 0.879. The van der Waals surface area contributed by atoms with Crippen molar-refractivity contribution in [1.82, 2.24) is 5.32 Å². The van der Waals surface area contributed by atoms with Crippen molar-refractivity contribution >= 4 is 9.84 Å². The van der Waals surface area contributed by atoms with E-state index in [0.717, 1.165) is 25.8 Å². The lowest BCUT2D eigenvalue weighted by Gasteiger charge is -2.25. The fourth-order valence-electron chi connectivity index (χ4n) is 3.38. The molecule has 0 aliphatic carbocycles. The van der Waals surface area contributed by atoms with Gasteiger partial charge in [0.1, 0.15) is 0 Å². The third-order valence-corrected chi connectivity index (χ3v) is 6.31. The minimum Gasteiger partial charge on any atom is -0.310 e. The summed E-state index contributed by atoms with van der Waals surface area (Å²) in [5.41, 5.74) is 4.03. The zero-order valence-corrected chi connectivity index (χ0v) is 14.2. The number of hydrogen-bond donors (Lipinski definition) is 1. The predicted molar refractivity (Wildman–Crippen MR) is 88.4 cm³/mol. The van der Waals surface area contributed by atoms with Gasteiger partial charge in [-0.25, -0.2) is 8.42 Å². The maximum Gasteiger partial charge on any atom is 0.150 e. The summed E-state index contributed by atoms with van der Waals surface area (Å²) in [5, 5.41) is 3.50. The van der Waals surface area contributed by atoms with Crippen LogP contribution in [0.3, 0.4) is 0 Å². The van der Waals surface area contributed by atoms with Crippen LogP contribution in [0.5, 0.6) is 0 Å². The zero-order valence-electron chi connectivity index (χ0n) is 13.4. The second kappa shape index (κ2) is 6.93. The Kier molecular flexibility index (Phi) is 5.44. The van der Waals surface area contributed by atoms with Gasteiger partial charge in [0.2, 0.25) is 0 Å². The molecule has 1 aromatic rings. The highest BCUT2D eigenvalue weighted by atomic mass is 32.2. The first-order valence-electron chi connectivity index (χ1n) is 8.06. The van der Waals surface area contributed by atoms with Crippen LogP contribution in [0.4, 0.5) is 0 Å². The molecule has 118 valence electrons. The Morgan fingerprint density at radius 3 is 2.43 bits per heavy atom. The third-order valence-electron chi connectivity index (χ3n) is 4.51. The van der Waals surface area contributed by atoms with Gasteiger partial charge in [0.15, 0.2) is 9.84 Å². The summed E-state index contributed by atoms with van der Waals surface area (Å²) < 4.78 is 23.6. The molecule has 1 N–H and O–H groups in total. The molecule has 3 nitrogen and oxygen atoms in total. The normalized spacial score (nSPS) is 22.3. The van der Waals surface area contributed by atoms with Gasteiger partial charge in [0.25, 0.3) is 0 Å². The van der Waals surface area contributed by atoms with Crippen molar-refractivity contribution in [3.8, 4) is 0 Å². The summed E-state index contributed by atoms with van der Waals surface area (Å²) >= 11 is 0. The van der Waals surface area contributed by atoms with Gasteiger partial charge in [0, 0.05) is 6.04 Å². The van der Waals surface area contributed by atoms with E-state index in [1.807, 2.05) is 0 Å². The summed E-state index contributed by atoms with van der Waals surface area (Å²) in [7, 11) is -2.84. The number of sulfone groups is 1. The highest BCUT2D eigenvalue weighted by molar-refractivity contribution is 7.91. The molecular weight excluding hydrogens is 282 g/mol. The predicted octanol–water partition coefficient (Wildman–Crippen LogP) is 2.90. The molecule has 1 aliphatic heterocycles. The van der Waals surface area contributed by atoms with Gasteiger partial charge in [-0.05, 0) is 48.4 Å². The molecular formula is C17H27NO2S. The standard InChI is InChI=1S/C17H27NO2S/c1-4-13-7-8-15(11-14(13)5-2)17(18-6-3)16-9-10-21(19,20)12-16/h7-8,11,16-18H,4-6,9-10,12H2,1-3H3. The molecule has 21 heavy (non-hydrogen) atoms. The monoisotopic (exact) mass is 309 g/mol. The zero-order chi connectivity index (χ0) is 15.5. The van der Waals surface area contributed by atoms with Gasteiger partial charge in [0.05, 0.1) is 11.5 Å². The number of benzene rings is 1. The lowest BCUT2D eigenvalue weighted by atomic mass is 9.89. The van der Waals surface area contributed by atoms with E-state index < -0.39 is 9.84 Å². The van der Waals surface area contributed by atoms with Gasteiger partial charge in [-0.2, -0.15) is 0 Å². The van der Waals surface area contributed by atoms with Crippen LogP contribution in [-0.4, -0.2) is 26.5 Å². The van der Waals surface area contributed by atoms with Crippen LogP contribution in [0.15, 0.2) is 18.2 Å². The Morgan fingerprint density at radius 2 is 1.90 bits per heavy atom. The van der Waals surface area contributed by atoms with E-state index in [1.54, 1.807) is 0 Å². The molecule has 1 aliphatic rings. The lowest BCUT2D eigenvalue weighted by Crippen LogP contribution is -2.29. The van der Waals surface area contributed by atoms with Crippen LogP contribution in [0.1, 0.15) is 49.9 Å². The minimum absolute atomic E-state index is 0.156. The maximum atomic E-state index is 11.8. The summed E-state index contributed by atoms with van der Waals surface area (Å²) in [6, 6.07) is 6.82. The highest BCUT2D eigenvalue weighted by Crippen LogP contribution is 2.32. The van der Waals surface area contributed by atoms with Crippen molar-refractivity contribution in [2.24, 2.45) is 5.92 Å². The first-order valence-corrected chi connectivity index (χ1v) is 9.88. The number of hydrogen-bond acceptors (Lipinski definition) is 3. The van der Waals surface area contributed by atoms with Crippen molar-refractivity contribution in [3.05, 3.63) is 34.9 Å². The van der Waals surface area contributed by atoms with Gasteiger partial charge in [-0.15, -0.1) is 0 Å². The number of rotatable bonds is 6. The molecule has 1 fully saturated rings. The number of aryl methyl sites for hydroxylation is 2. The van der Waals surface area contributed by atoms with Crippen LogP contribution in [-0.2, 0) is 22.7 Å². The average molecular weight is 309 g/mol. The van der Waals surface area contributed by atoms with E-state index >= 15 is 0 Å². The molecule has 1 saturated heterocycles. The molecule has 2 atom stereocenters. The average Bonchev–Trinajstić information content (AvgIpc) is 2.84. The molecule has 0 amide bonds. The van der Waals surface area contributed by atoms with Crippen LogP contribution in [0.25, 0.3) is 0 Å². The van der Waals surface area contributed by atoms with E-state index in [0.29, 0.717) is 11.5 Å². The van der Waals surface area contributed by atoms with E-state index in [4.69, 9.17) is 0 Å². The Hall–Kier alpha value is -0.870. The summed E-state index contributed by atoms with van der Waals surface area (Å²) in [5.74, 6) is 0.863. The van der Waals surface area contributed by atoms with Crippen molar-refractivity contribution in [3.63, 3.8) is 0 Å². The smallest absolute Gasteiger partial charge is 0.150 e. The molecule has 4 heteroatoms. The van der Waals surface area contributed by atoms with Crippen molar-refractivity contribution in [2.45, 2.75) is 46.1 Å². The largest absolute Gasteiger partial charge is 0.310 e. The Bertz CT molecular complexity index is 580. The van der Waals surface area contributed by atoms with Gasteiger partial charge in [-0.1, -0.05) is 39.0 Å². The van der Waals surface area contributed by atoms with E-state index in [2.05, 4.69) is 44.3 Å². The SMILES string of the molecule is CCNC(c1ccc(CC)c(CC)c1)C1CCS(=O)(=O)C1. The lowest BCUT2D eigenvalue weighted by molar-refractivity contribution is 0.400. The Labute approximate surface area is 129 Å². The minimum atomic E-state index is -2.84. The fraction of sp³-hybridized carbons (Fsp3) is 0.647. The highest BCUT2D eigenvalue weighted by Gasteiger charge is 2.34. The second-order valence-corrected chi connectivity index (χ2v) is 8.16. The summed E-state index contributed by atoms with van der Waals surface area (Å²) in [6.45, 7) is 7.30. The number of nitrogens with one attached hydrogen (secondary N) is 1. The fourth-order valence-corrected chi connectivity index (χ4v) is 5.22. The second-order valence-electron chi connectivity index (χ2n) is 5.93. The molecule has 1 heterocycles. The van der Waals surface area contributed by atoms with E-state index in [1.165, 1.54) is 16.7 Å². The molecule has 0 bridgehead atoms. The van der Waals surface area contributed by atoms with Crippen molar-refractivity contribution < 1.29 is 8.42 Å². The molecule has 0 aromatic heterocycles. The van der Waals surface area contributed by atoms with Gasteiger partial charge in [-0.3, -0.25) is 0 Å². The molecule has 0 radical (unpaired) electrons. The molecule has 0 spiro atoms.